The van der Waals surface area contributed by atoms with Crippen molar-refractivity contribution in [2.75, 3.05) is 16.4 Å². The predicted molar refractivity (Wildman–Crippen MR) is 303 cm³/mol. The Bertz CT molecular complexity index is 3370. The topological polar surface area (TPSA) is 15.7 Å². The van der Waals surface area contributed by atoms with Crippen LogP contribution < -0.4 is 30.2 Å². The number of hydrogen-bond donors (Lipinski definition) is 0. The fourth-order valence-electron chi connectivity index (χ4n) is 13.5. The molecular formula is C65H73BN2OS. The number of benzene rings is 6. The molecule has 70 heavy (non-hydrogen) atoms. The molecule has 4 heterocycles. The lowest BCUT2D eigenvalue weighted by atomic mass is 9.35. The molecule has 12 rings (SSSR count). The number of hydrogen-bond acceptors (Lipinski definition) is 4. The van der Waals surface area contributed by atoms with Crippen molar-refractivity contribution in [2.24, 2.45) is 0 Å². The number of fused-ring (bicyclic) bond motifs is 11. The molecule has 5 aliphatic rings. The minimum Gasteiger partial charge on any atom is -0.493 e. The molecular weight excluding hydrogens is 868 g/mol. The predicted octanol–water partition coefficient (Wildman–Crippen LogP) is 16.2. The Morgan fingerprint density at radius 3 is 1.89 bits per heavy atom. The van der Waals surface area contributed by atoms with Crippen molar-refractivity contribution < 1.29 is 4.74 Å². The zero-order valence-corrected chi connectivity index (χ0v) is 45.6. The molecule has 0 fully saturated rings. The van der Waals surface area contributed by atoms with Crippen molar-refractivity contribution in [2.45, 2.75) is 168 Å². The maximum atomic E-state index is 6.69. The molecule has 0 amide bonds. The highest BCUT2D eigenvalue weighted by molar-refractivity contribution is 7.33. The Morgan fingerprint density at radius 2 is 1.21 bits per heavy atom. The van der Waals surface area contributed by atoms with E-state index in [0.717, 1.165) is 12.2 Å². The third-order valence-electron chi connectivity index (χ3n) is 17.8. The molecule has 0 unspecified atom stereocenters. The molecule has 1 aromatic heterocycles. The second kappa shape index (κ2) is 14.9. The summed E-state index contributed by atoms with van der Waals surface area (Å²) in [5.74, 6) is 0.967. The summed E-state index contributed by atoms with van der Waals surface area (Å²) in [6.45, 7) is 37.1. The van der Waals surface area contributed by atoms with E-state index in [2.05, 4.69) is 211 Å². The lowest BCUT2D eigenvalue weighted by Gasteiger charge is -2.47. The Labute approximate surface area is 423 Å². The Hall–Kier alpha value is -5.26. The van der Waals surface area contributed by atoms with Crippen LogP contribution in [-0.4, -0.2) is 13.3 Å². The summed E-state index contributed by atoms with van der Waals surface area (Å²) in [5, 5.41) is 1.34. The number of anilines is 6. The van der Waals surface area contributed by atoms with Crippen LogP contribution in [0.2, 0.25) is 0 Å². The van der Waals surface area contributed by atoms with Gasteiger partial charge in [-0.05, 0) is 175 Å². The van der Waals surface area contributed by atoms with Gasteiger partial charge in [0.15, 0.2) is 0 Å². The minimum absolute atomic E-state index is 0.0140. The van der Waals surface area contributed by atoms with Gasteiger partial charge in [0.05, 0.1) is 18.0 Å². The second-order valence-electron chi connectivity index (χ2n) is 26.6. The largest absolute Gasteiger partial charge is 0.493 e. The maximum absolute atomic E-state index is 6.69. The molecule has 358 valence electrons. The van der Waals surface area contributed by atoms with Crippen LogP contribution in [0.25, 0.3) is 21.2 Å². The first-order chi connectivity index (χ1) is 32.9. The van der Waals surface area contributed by atoms with Gasteiger partial charge in [-0.3, -0.25) is 0 Å². The molecule has 3 aliphatic heterocycles. The fourth-order valence-corrected chi connectivity index (χ4v) is 14.8. The van der Waals surface area contributed by atoms with Gasteiger partial charge in [-0.25, -0.2) is 0 Å². The van der Waals surface area contributed by atoms with Crippen molar-refractivity contribution in [1.82, 2.24) is 0 Å². The number of para-hydroxylation sites is 1. The number of thiophene rings is 1. The fraction of sp³-hybridized carbons (Fsp3) is 0.415. The van der Waals surface area contributed by atoms with Crippen molar-refractivity contribution >= 4 is 78.0 Å². The number of rotatable bonds is 2. The van der Waals surface area contributed by atoms with Gasteiger partial charge in [-0.15, -0.1) is 11.3 Å². The summed E-state index contributed by atoms with van der Waals surface area (Å²) < 4.78 is 9.48. The van der Waals surface area contributed by atoms with Crippen LogP contribution in [0.15, 0.2) is 97.1 Å². The Kier molecular flexibility index (Phi) is 9.77. The number of nitrogens with zero attached hydrogens (tertiary/aromatic N) is 2. The summed E-state index contributed by atoms with van der Waals surface area (Å²) in [6.07, 6.45) is 5.58. The first kappa shape index (κ1) is 45.9. The molecule has 0 saturated carbocycles. The van der Waals surface area contributed by atoms with Gasteiger partial charge in [-0.2, -0.15) is 0 Å². The summed E-state index contributed by atoms with van der Waals surface area (Å²) in [5.41, 5.74) is 24.8. The van der Waals surface area contributed by atoms with E-state index in [-0.39, 0.29) is 39.2 Å². The molecule has 6 aromatic carbocycles. The molecule has 3 nitrogen and oxygen atoms in total. The number of aryl methyl sites for hydroxylation is 1. The highest BCUT2D eigenvalue weighted by Crippen LogP contribution is 2.56. The van der Waals surface area contributed by atoms with E-state index in [1.807, 2.05) is 11.3 Å². The summed E-state index contributed by atoms with van der Waals surface area (Å²) >= 11 is 2.03. The lowest BCUT2D eigenvalue weighted by molar-refractivity contribution is 0.325. The molecule has 5 heteroatoms. The molecule has 7 aromatic rings. The Morgan fingerprint density at radius 1 is 0.586 bits per heavy atom. The molecule has 0 bridgehead atoms. The quantitative estimate of drug-likeness (QED) is 0.161. The summed E-state index contributed by atoms with van der Waals surface area (Å²) in [4.78, 5) is 5.46. The van der Waals surface area contributed by atoms with E-state index < -0.39 is 0 Å². The zero-order chi connectivity index (χ0) is 49.4. The third-order valence-corrected chi connectivity index (χ3v) is 19.1. The smallest absolute Gasteiger partial charge is 0.264 e. The first-order valence-electron chi connectivity index (χ1n) is 26.4. The second-order valence-corrected chi connectivity index (χ2v) is 27.7. The van der Waals surface area contributed by atoms with E-state index in [9.17, 15) is 0 Å². The summed E-state index contributed by atoms with van der Waals surface area (Å²) in [6, 6.07) is 39.1. The van der Waals surface area contributed by atoms with Gasteiger partial charge in [0, 0.05) is 55.2 Å². The highest BCUT2D eigenvalue weighted by atomic mass is 32.1. The standard InChI is InChI=1S/C65H73BN2OS/c1-38-32-52-57-53(33-38)68(50-24-23-44(61(5,6)7)41-26-31-69-54-19-17-16-18-42(54)56(41)50)58-43-34-39(60(2,3)4)20-25-55(43)70-59(58)66(57)49-36-47-48(65(14,15)30-29-64(47,12)13)37-51(49)67(52)40-21-22-45-46(35-40)63(10,11)28-27-62(45,8)9/h16-25,32-37H,26-31H2,1-15H3. The maximum Gasteiger partial charge on any atom is 0.264 e. The average Bonchev–Trinajstić information content (AvgIpc) is 3.55. The lowest BCUT2D eigenvalue weighted by Crippen LogP contribution is -2.61. The molecule has 0 N–H and O–H groups in total. The van der Waals surface area contributed by atoms with Crippen LogP contribution >= 0.6 is 11.3 Å². The van der Waals surface area contributed by atoms with E-state index in [4.69, 9.17) is 4.74 Å². The van der Waals surface area contributed by atoms with E-state index >= 15 is 0 Å². The minimum atomic E-state index is -0.0520. The van der Waals surface area contributed by atoms with Gasteiger partial charge in [0.25, 0.3) is 6.71 Å². The van der Waals surface area contributed by atoms with Crippen LogP contribution in [0.4, 0.5) is 34.1 Å². The van der Waals surface area contributed by atoms with Gasteiger partial charge < -0.3 is 14.5 Å². The van der Waals surface area contributed by atoms with Gasteiger partial charge in [-0.1, -0.05) is 139 Å². The van der Waals surface area contributed by atoms with Crippen molar-refractivity contribution in [1.29, 1.82) is 0 Å². The van der Waals surface area contributed by atoms with Crippen LogP contribution in [0, 0.1) is 6.92 Å². The molecule has 2 aliphatic carbocycles. The Balaban J connectivity index is 1.24. The van der Waals surface area contributed by atoms with E-state index in [1.54, 1.807) is 0 Å². The van der Waals surface area contributed by atoms with Crippen LogP contribution in [0.3, 0.4) is 0 Å². The molecule has 0 radical (unpaired) electrons. The molecule has 0 atom stereocenters. The van der Waals surface area contributed by atoms with E-state index in [0.29, 0.717) is 6.61 Å². The normalized spacial score (nSPS) is 18.9. The van der Waals surface area contributed by atoms with Crippen LogP contribution in [0.1, 0.15) is 167 Å². The summed E-state index contributed by atoms with van der Waals surface area (Å²) in [7, 11) is 0. The third kappa shape index (κ3) is 6.71. The van der Waals surface area contributed by atoms with Crippen LogP contribution in [0.5, 0.6) is 5.75 Å². The molecule has 0 spiro atoms. The van der Waals surface area contributed by atoms with E-state index in [1.165, 1.54) is 141 Å². The molecule has 0 saturated heterocycles. The van der Waals surface area contributed by atoms with Gasteiger partial charge in [0.1, 0.15) is 5.75 Å². The van der Waals surface area contributed by atoms with Crippen molar-refractivity contribution in [3.05, 3.63) is 142 Å². The number of ether oxygens (including phenoxy) is 1. The highest BCUT2D eigenvalue weighted by Gasteiger charge is 2.49. The van der Waals surface area contributed by atoms with Crippen molar-refractivity contribution in [3.63, 3.8) is 0 Å². The van der Waals surface area contributed by atoms with Gasteiger partial charge in [0.2, 0.25) is 0 Å². The zero-order valence-electron chi connectivity index (χ0n) is 44.8. The SMILES string of the molecule is Cc1cc2c3c(c1)N(c1ccc(C(C)(C)C)c4c1-c1ccccc1OCC4)c1c(sc4ccc(C(C)(C)C)cc14)B3c1cc3c(cc1N2c1ccc2c(c1)C(C)(C)CCC2(C)C)C(C)(C)CCC3(C)C. The first-order valence-corrected chi connectivity index (χ1v) is 27.2. The van der Waals surface area contributed by atoms with Gasteiger partial charge >= 0.3 is 0 Å². The van der Waals surface area contributed by atoms with Crippen LogP contribution in [-0.2, 0) is 38.9 Å². The monoisotopic (exact) mass is 941 g/mol. The average molecular weight is 941 g/mol. The van der Waals surface area contributed by atoms with Crippen molar-refractivity contribution in [3.8, 4) is 16.9 Å².